The minimum atomic E-state index is -0.141. The maximum absolute atomic E-state index is 12.8. The quantitative estimate of drug-likeness (QED) is 0.711. The second-order valence-electron chi connectivity index (χ2n) is 6.13. The summed E-state index contributed by atoms with van der Waals surface area (Å²) in [6.45, 7) is 1.43. The number of halogens is 1. The molecule has 2 atom stereocenters. The van der Waals surface area contributed by atoms with Crippen molar-refractivity contribution >= 4 is 45.0 Å². The Balaban J connectivity index is 0.00000196. The van der Waals surface area contributed by atoms with Gasteiger partial charge in [-0.05, 0) is 17.7 Å². The van der Waals surface area contributed by atoms with E-state index in [2.05, 4.69) is 20.7 Å². The van der Waals surface area contributed by atoms with Crippen LogP contribution in [0.25, 0.3) is 10.2 Å². The van der Waals surface area contributed by atoms with Gasteiger partial charge < -0.3 is 15.4 Å². The van der Waals surface area contributed by atoms with Crippen molar-refractivity contribution in [3.8, 4) is 5.75 Å². The maximum Gasteiger partial charge on any atom is 0.231 e. The minimum Gasteiger partial charge on any atom is -0.494 e. The minimum absolute atomic E-state index is 0. The molecule has 2 N–H and O–H groups in total. The van der Waals surface area contributed by atoms with E-state index in [1.54, 1.807) is 11.8 Å². The van der Waals surface area contributed by atoms with Crippen LogP contribution in [0.1, 0.15) is 11.5 Å². The third-order valence-electron chi connectivity index (χ3n) is 4.54. The highest BCUT2D eigenvalue weighted by atomic mass is 35.5. The van der Waals surface area contributed by atoms with Crippen molar-refractivity contribution in [2.45, 2.75) is 5.92 Å². The number of nitrogens with one attached hydrogen (secondary N) is 2. The zero-order chi connectivity index (χ0) is 17.4. The van der Waals surface area contributed by atoms with E-state index < -0.39 is 0 Å². The number of anilines is 1. The number of carbonyl (C=O) groups is 1. The molecule has 26 heavy (non-hydrogen) atoms. The molecule has 1 saturated heterocycles. The van der Waals surface area contributed by atoms with Crippen LogP contribution in [0.2, 0.25) is 0 Å². The Morgan fingerprint density at radius 3 is 3.00 bits per heavy atom. The molecule has 7 nitrogen and oxygen atoms in total. The van der Waals surface area contributed by atoms with Crippen molar-refractivity contribution in [2.24, 2.45) is 13.0 Å². The normalized spacial score (nSPS) is 19.3. The molecule has 2 aromatic heterocycles. The molecular formula is C17H20ClN5O2S. The lowest BCUT2D eigenvalue weighted by Crippen LogP contribution is -2.27. The number of para-hydroxylation sites is 1. The Hall–Kier alpha value is -2.16. The first kappa shape index (κ1) is 18.6. The molecule has 0 radical (unpaired) electrons. The van der Waals surface area contributed by atoms with Crippen LogP contribution < -0.4 is 15.4 Å². The monoisotopic (exact) mass is 393 g/mol. The second kappa shape index (κ2) is 7.61. The van der Waals surface area contributed by atoms with Crippen molar-refractivity contribution < 1.29 is 9.53 Å². The number of methoxy groups -OCH3 is 1. The summed E-state index contributed by atoms with van der Waals surface area (Å²) in [6, 6.07) is 5.76. The Morgan fingerprint density at radius 2 is 2.27 bits per heavy atom. The summed E-state index contributed by atoms with van der Waals surface area (Å²) < 4.78 is 8.09. The molecule has 0 spiro atoms. The maximum atomic E-state index is 12.8. The van der Waals surface area contributed by atoms with Gasteiger partial charge in [-0.25, -0.2) is 4.98 Å². The molecule has 0 saturated carbocycles. The molecule has 9 heteroatoms. The fourth-order valence-electron chi connectivity index (χ4n) is 3.28. The molecule has 3 heterocycles. The van der Waals surface area contributed by atoms with Crippen LogP contribution in [0.15, 0.2) is 30.6 Å². The number of aryl methyl sites for hydroxylation is 1. The summed E-state index contributed by atoms with van der Waals surface area (Å²) in [6.07, 6.45) is 3.81. The van der Waals surface area contributed by atoms with E-state index in [-0.39, 0.29) is 30.2 Å². The van der Waals surface area contributed by atoms with E-state index in [4.69, 9.17) is 4.74 Å². The predicted octanol–water partition coefficient (Wildman–Crippen LogP) is 2.40. The average molecular weight is 394 g/mol. The van der Waals surface area contributed by atoms with Gasteiger partial charge in [0.2, 0.25) is 5.91 Å². The first-order valence-corrected chi connectivity index (χ1v) is 8.91. The number of nitrogens with zero attached hydrogens (tertiary/aromatic N) is 3. The number of ether oxygens (including phenoxy) is 1. The van der Waals surface area contributed by atoms with Gasteiger partial charge in [0.05, 0.1) is 23.9 Å². The van der Waals surface area contributed by atoms with Crippen LogP contribution >= 0.6 is 23.7 Å². The Kier molecular flexibility index (Phi) is 5.45. The number of aromatic nitrogens is 3. The Morgan fingerprint density at radius 1 is 1.42 bits per heavy atom. The van der Waals surface area contributed by atoms with E-state index in [1.165, 1.54) is 11.3 Å². The smallest absolute Gasteiger partial charge is 0.231 e. The number of rotatable bonds is 4. The number of hydrogen-bond acceptors (Lipinski definition) is 6. The SMILES string of the molecule is COc1cccc2sc(NC(=O)[C@H]3CNC[C@@H]3c3cnn(C)c3)nc12.Cl. The van der Waals surface area contributed by atoms with Gasteiger partial charge in [0.15, 0.2) is 5.13 Å². The van der Waals surface area contributed by atoms with Crippen LogP contribution in [0, 0.1) is 5.92 Å². The fraction of sp³-hybridized carbons (Fsp3) is 0.353. The number of hydrogen-bond donors (Lipinski definition) is 2. The van der Waals surface area contributed by atoms with E-state index in [9.17, 15) is 4.79 Å². The van der Waals surface area contributed by atoms with Crippen LogP contribution in [0.3, 0.4) is 0 Å². The van der Waals surface area contributed by atoms with Crippen LogP contribution in [-0.4, -0.2) is 40.9 Å². The van der Waals surface area contributed by atoms with Gasteiger partial charge in [-0.2, -0.15) is 5.10 Å². The summed E-state index contributed by atoms with van der Waals surface area (Å²) in [4.78, 5) is 17.3. The summed E-state index contributed by atoms with van der Waals surface area (Å²) in [7, 11) is 3.50. The first-order valence-electron chi connectivity index (χ1n) is 8.09. The largest absolute Gasteiger partial charge is 0.494 e. The number of carbonyl (C=O) groups excluding carboxylic acids is 1. The molecule has 1 aromatic carbocycles. The molecule has 1 fully saturated rings. The average Bonchev–Trinajstić information content (AvgIpc) is 3.31. The number of amides is 1. The van der Waals surface area contributed by atoms with E-state index >= 15 is 0 Å². The lowest BCUT2D eigenvalue weighted by Gasteiger charge is -2.15. The Labute approximate surface area is 161 Å². The number of thiazole rings is 1. The summed E-state index contributed by atoms with van der Waals surface area (Å²) in [5, 5.41) is 11.1. The highest BCUT2D eigenvalue weighted by molar-refractivity contribution is 7.22. The third-order valence-corrected chi connectivity index (χ3v) is 5.47. The Bertz CT molecular complexity index is 925. The highest BCUT2D eigenvalue weighted by Crippen LogP contribution is 2.33. The molecule has 4 rings (SSSR count). The van der Waals surface area contributed by atoms with Crippen molar-refractivity contribution in [1.82, 2.24) is 20.1 Å². The van der Waals surface area contributed by atoms with Gasteiger partial charge >= 0.3 is 0 Å². The molecule has 0 aliphatic carbocycles. The molecule has 1 aliphatic rings. The number of fused-ring (bicyclic) bond motifs is 1. The van der Waals surface area contributed by atoms with Crippen molar-refractivity contribution in [3.05, 3.63) is 36.2 Å². The third kappa shape index (κ3) is 3.40. The summed E-state index contributed by atoms with van der Waals surface area (Å²) >= 11 is 1.46. The zero-order valence-electron chi connectivity index (χ0n) is 14.4. The zero-order valence-corrected chi connectivity index (χ0v) is 16.1. The van der Waals surface area contributed by atoms with Gasteiger partial charge in [-0.3, -0.25) is 9.48 Å². The van der Waals surface area contributed by atoms with Gasteiger partial charge in [0, 0.05) is 32.3 Å². The van der Waals surface area contributed by atoms with E-state index in [0.29, 0.717) is 17.4 Å². The fourth-order valence-corrected chi connectivity index (χ4v) is 4.16. The molecule has 1 aliphatic heterocycles. The predicted molar refractivity (Wildman–Crippen MR) is 104 cm³/mol. The van der Waals surface area contributed by atoms with Crippen molar-refractivity contribution in [2.75, 3.05) is 25.5 Å². The molecule has 138 valence electrons. The molecule has 3 aromatic rings. The van der Waals surface area contributed by atoms with E-state index in [1.807, 2.05) is 37.6 Å². The number of benzene rings is 1. The molecule has 0 bridgehead atoms. The summed E-state index contributed by atoms with van der Waals surface area (Å²) in [5.41, 5.74) is 1.86. The van der Waals surface area contributed by atoms with Crippen LogP contribution in [0.4, 0.5) is 5.13 Å². The lowest BCUT2D eigenvalue weighted by atomic mass is 9.90. The second-order valence-corrected chi connectivity index (χ2v) is 7.16. The standard InChI is InChI=1S/C17H19N5O2S.ClH/c1-22-9-10(6-19-22)11-7-18-8-12(11)16(23)21-17-20-15-13(24-2)4-3-5-14(15)25-17;/h3-6,9,11-12,18H,7-8H2,1-2H3,(H,20,21,23);1H/t11-,12+;/m1./s1. The summed E-state index contributed by atoms with van der Waals surface area (Å²) in [5.74, 6) is 0.678. The lowest BCUT2D eigenvalue weighted by molar-refractivity contribution is -0.119. The highest BCUT2D eigenvalue weighted by Gasteiger charge is 2.35. The van der Waals surface area contributed by atoms with Crippen molar-refractivity contribution in [3.63, 3.8) is 0 Å². The topological polar surface area (TPSA) is 81.1 Å². The van der Waals surface area contributed by atoms with Crippen LogP contribution in [0.5, 0.6) is 5.75 Å². The van der Waals surface area contributed by atoms with Gasteiger partial charge in [-0.1, -0.05) is 17.4 Å². The van der Waals surface area contributed by atoms with E-state index in [0.717, 1.165) is 22.3 Å². The molecular weight excluding hydrogens is 374 g/mol. The van der Waals surface area contributed by atoms with Gasteiger partial charge in [-0.15, -0.1) is 12.4 Å². The van der Waals surface area contributed by atoms with Gasteiger partial charge in [0.1, 0.15) is 11.3 Å². The van der Waals surface area contributed by atoms with Gasteiger partial charge in [0.25, 0.3) is 0 Å². The van der Waals surface area contributed by atoms with Crippen molar-refractivity contribution in [1.29, 1.82) is 0 Å². The van der Waals surface area contributed by atoms with Crippen LogP contribution in [-0.2, 0) is 11.8 Å². The first-order chi connectivity index (χ1) is 12.2. The molecule has 0 unspecified atom stereocenters. The molecule has 1 amide bonds.